The third kappa shape index (κ3) is 6.42. The molecule has 0 aliphatic carbocycles. The first-order valence-electron chi connectivity index (χ1n) is 8.13. The second-order valence-corrected chi connectivity index (χ2v) is 8.74. The molecule has 2 rings (SSSR count). The van der Waals surface area contributed by atoms with E-state index in [0.717, 1.165) is 0 Å². The number of nitriles is 1. The molecule has 0 aliphatic rings. The number of rotatable bonds is 8. The maximum atomic E-state index is 11.2. The van der Waals surface area contributed by atoms with Gasteiger partial charge in [-0.25, -0.2) is 0 Å². The van der Waals surface area contributed by atoms with E-state index < -0.39 is 37.3 Å². The van der Waals surface area contributed by atoms with Crippen molar-refractivity contribution in [1.82, 2.24) is 0 Å². The number of aliphatic hydroxyl groups is 2. The highest BCUT2D eigenvalue weighted by molar-refractivity contribution is 7.86. The summed E-state index contributed by atoms with van der Waals surface area (Å²) in [6.07, 6.45) is -1.58. The average molecular weight is 469 g/mol. The van der Waals surface area contributed by atoms with Crippen molar-refractivity contribution in [2.75, 3.05) is 0 Å². The van der Waals surface area contributed by atoms with Crippen molar-refractivity contribution in [3.05, 3.63) is 59.7 Å². The summed E-state index contributed by atoms with van der Waals surface area (Å²) in [6, 6.07) is 12.1. The van der Waals surface area contributed by atoms with Gasteiger partial charge in [0.15, 0.2) is 0 Å². The first-order valence-corrected chi connectivity index (χ1v) is 11.1. The minimum atomic E-state index is -4.84. The predicted octanol–water partition coefficient (Wildman–Crippen LogP) is 2.16. The summed E-state index contributed by atoms with van der Waals surface area (Å²) in [4.78, 5) is 0. The minimum absolute atomic E-state index is 0.176. The van der Waals surface area contributed by atoms with E-state index in [9.17, 15) is 27.0 Å². The maximum Gasteiger partial charge on any atom is 0.296 e. The van der Waals surface area contributed by atoms with Gasteiger partial charge in [0, 0.05) is 11.1 Å². The Labute approximate surface area is 176 Å². The van der Waals surface area contributed by atoms with Crippen LogP contribution in [-0.2, 0) is 20.2 Å². The molecule has 0 bridgehead atoms. The van der Waals surface area contributed by atoms with Crippen molar-refractivity contribution in [3.8, 4) is 6.07 Å². The number of nitrogens with zero attached hydrogens (tertiary/aromatic N) is 5. The Morgan fingerprint density at radius 1 is 0.742 bits per heavy atom. The van der Waals surface area contributed by atoms with E-state index >= 15 is 0 Å². The van der Waals surface area contributed by atoms with E-state index in [1.54, 1.807) is 6.07 Å². The molecule has 0 saturated carbocycles. The average Bonchev–Trinajstić information content (AvgIpc) is 2.72. The molecule has 4 N–H and O–H groups in total. The zero-order chi connectivity index (χ0) is 23.2. The third-order valence-corrected chi connectivity index (χ3v) is 5.27. The fourth-order valence-electron chi connectivity index (χ4n) is 2.20. The monoisotopic (exact) mass is 469 g/mol. The Hall–Kier alpha value is -3.13. The van der Waals surface area contributed by atoms with Crippen LogP contribution >= 0.6 is 0 Å². The number of hydrogen-bond acceptors (Lipinski definition) is 11. The number of azo groups is 2. The summed E-state index contributed by atoms with van der Waals surface area (Å²) < 4.78 is 62.7. The molecule has 15 heteroatoms. The van der Waals surface area contributed by atoms with Crippen LogP contribution in [0.5, 0.6) is 0 Å². The van der Waals surface area contributed by atoms with Crippen LogP contribution in [0.25, 0.3) is 0 Å². The van der Waals surface area contributed by atoms with Crippen LogP contribution in [0.2, 0.25) is 0 Å². The molecule has 0 aliphatic heterocycles. The molecule has 0 saturated heterocycles. The summed E-state index contributed by atoms with van der Waals surface area (Å²) in [5.41, 5.74) is -5.54. The first kappa shape index (κ1) is 24.1. The molecule has 13 nitrogen and oxygen atoms in total. The molecule has 2 unspecified atom stereocenters. The molecule has 0 radical (unpaired) electrons. The smallest absolute Gasteiger partial charge is 0.296 e. The van der Waals surface area contributed by atoms with E-state index in [-0.39, 0.29) is 22.5 Å². The summed E-state index contributed by atoms with van der Waals surface area (Å²) in [5, 5.41) is 43.0. The van der Waals surface area contributed by atoms with Gasteiger partial charge in [0.05, 0.1) is 11.4 Å². The van der Waals surface area contributed by atoms with E-state index in [4.69, 9.17) is 14.4 Å². The van der Waals surface area contributed by atoms with E-state index in [1.807, 2.05) is 0 Å². The SMILES string of the molecule is N#CC(N=Nc1ccccc1C(O)S(=O)(=O)O)N=Nc1ccccc1C(O)S(=O)(=O)O. The van der Waals surface area contributed by atoms with E-state index in [1.165, 1.54) is 48.5 Å². The lowest BCUT2D eigenvalue weighted by atomic mass is 10.2. The van der Waals surface area contributed by atoms with E-state index in [0.29, 0.717) is 0 Å². The molecular formula is C16H15N5O8S2. The van der Waals surface area contributed by atoms with Gasteiger partial charge < -0.3 is 10.2 Å². The van der Waals surface area contributed by atoms with Gasteiger partial charge in [-0.15, -0.1) is 10.2 Å². The highest BCUT2D eigenvalue weighted by Crippen LogP contribution is 2.30. The Morgan fingerprint density at radius 2 is 1.10 bits per heavy atom. The van der Waals surface area contributed by atoms with Crippen molar-refractivity contribution in [2.24, 2.45) is 20.5 Å². The molecule has 164 valence electrons. The standard InChI is InChI=1S/C16H15N5O8S2/c17-9-14(20-18-12-7-3-1-5-10(12)15(22)30(24,25)26)21-19-13-8-4-2-6-11(13)16(23)31(27,28)29/h1-8,14-16,22-23H,(H,24,25,26)(H,27,28,29). The van der Waals surface area contributed by atoms with Crippen molar-refractivity contribution in [2.45, 2.75) is 17.0 Å². The summed E-state index contributed by atoms with van der Waals surface area (Å²) in [5.74, 6) is 0. The molecule has 2 atom stereocenters. The Balaban J connectivity index is 2.33. The summed E-state index contributed by atoms with van der Waals surface area (Å²) >= 11 is 0. The normalized spacial score (nSPS) is 15.6. The topological polar surface area (TPSA) is 222 Å². The molecule has 0 amide bonds. The second-order valence-electron chi connectivity index (χ2n) is 5.79. The Kier molecular flexibility index (Phi) is 7.62. The van der Waals surface area contributed by atoms with Crippen LogP contribution in [0.1, 0.15) is 22.0 Å². The Bertz CT molecular complexity index is 1160. The van der Waals surface area contributed by atoms with Crippen LogP contribution in [0.4, 0.5) is 11.4 Å². The fourth-order valence-corrected chi connectivity index (χ4v) is 3.24. The molecule has 0 heterocycles. The quantitative estimate of drug-likeness (QED) is 0.328. The van der Waals surface area contributed by atoms with Crippen molar-refractivity contribution in [1.29, 1.82) is 5.26 Å². The molecule has 0 aromatic heterocycles. The van der Waals surface area contributed by atoms with Crippen LogP contribution < -0.4 is 0 Å². The van der Waals surface area contributed by atoms with Gasteiger partial charge in [0.1, 0.15) is 6.07 Å². The van der Waals surface area contributed by atoms with Gasteiger partial charge >= 0.3 is 0 Å². The van der Waals surface area contributed by atoms with Crippen LogP contribution in [0.15, 0.2) is 69.0 Å². The van der Waals surface area contributed by atoms with Crippen LogP contribution in [0, 0.1) is 11.3 Å². The lowest BCUT2D eigenvalue weighted by Crippen LogP contribution is -2.11. The molecular weight excluding hydrogens is 454 g/mol. The zero-order valence-corrected chi connectivity index (χ0v) is 17.0. The fraction of sp³-hybridized carbons (Fsp3) is 0.188. The van der Waals surface area contributed by atoms with Gasteiger partial charge in [-0.2, -0.15) is 32.3 Å². The van der Waals surface area contributed by atoms with Gasteiger partial charge in [0.25, 0.3) is 26.4 Å². The predicted molar refractivity (Wildman–Crippen MR) is 104 cm³/mol. The van der Waals surface area contributed by atoms with Crippen molar-refractivity contribution < 1.29 is 36.2 Å². The first-order chi connectivity index (χ1) is 14.4. The van der Waals surface area contributed by atoms with Gasteiger partial charge in [-0.1, -0.05) is 36.4 Å². The summed E-state index contributed by atoms with van der Waals surface area (Å²) in [6.45, 7) is 0. The lowest BCUT2D eigenvalue weighted by molar-refractivity contribution is 0.239. The number of hydrogen-bond donors (Lipinski definition) is 4. The molecule has 2 aromatic carbocycles. The van der Waals surface area contributed by atoms with Gasteiger partial charge in [0.2, 0.25) is 10.9 Å². The lowest BCUT2D eigenvalue weighted by Gasteiger charge is -2.10. The number of benzene rings is 2. The highest BCUT2D eigenvalue weighted by Gasteiger charge is 2.25. The molecule has 2 aromatic rings. The van der Waals surface area contributed by atoms with Gasteiger partial charge in [-0.05, 0) is 12.1 Å². The van der Waals surface area contributed by atoms with Gasteiger partial charge in [-0.3, -0.25) is 9.11 Å². The van der Waals surface area contributed by atoms with Crippen LogP contribution in [-0.4, -0.2) is 42.3 Å². The Morgan fingerprint density at radius 3 is 1.42 bits per heavy atom. The second kappa shape index (κ2) is 9.78. The zero-order valence-electron chi connectivity index (χ0n) is 15.3. The third-order valence-electron chi connectivity index (χ3n) is 3.64. The minimum Gasteiger partial charge on any atom is -0.371 e. The molecule has 0 spiro atoms. The van der Waals surface area contributed by atoms with E-state index in [2.05, 4.69) is 20.5 Å². The van der Waals surface area contributed by atoms with Crippen LogP contribution in [0.3, 0.4) is 0 Å². The summed E-state index contributed by atoms with van der Waals surface area (Å²) in [7, 11) is -9.68. The van der Waals surface area contributed by atoms with Crippen molar-refractivity contribution in [3.63, 3.8) is 0 Å². The maximum absolute atomic E-state index is 11.2. The largest absolute Gasteiger partial charge is 0.371 e. The number of aliphatic hydroxyl groups excluding tert-OH is 2. The highest BCUT2D eigenvalue weighted by atomic mass is 32.2. The molecule has 31 heavy (non-hydrogen) atoms. The molecule has 0 fully saturated rings. The van der Waals surface area contributed by atoms with Crippen molar-refractivity contribution >= 4 is 31.6 Å².